The Morgan fingerprint density at radius 2 is 1.90 bits per heavy atom. The number of rotatable bonds is 4. The minimum Gasteiger partial charge on any atom is -0.271 e. The van der Waals surface area contributed by atoms with E-state index in [4.69, 9.17) is 29.0 Å². The molecule has 2 rings (SSSR count). The molecule has 1 atom stereocenters. The van der Waals surface area contributed by atoms with Crippen molar-refractivity contribution in [3.05, 3.63) is 69.0 Å². The van der Waals surface area contributed by atoms with Gasteiger partial charge in [-0.2, -0.15) is 0 Å². The van der Waals surface area contributed by atoms with Gasteiger partial charge in [0.15, 0.2) is 0 Å². The maximum Gasteiger partial charge on any atom is 0.126 e. The molecule has 0 heterocycles. The fourth-order valence-electron chi connectivity index (χ4n) is 2.06. The van der Waals surface area contributed by atoms with Gasteiger partial charge in [-0.05, 0) is 48.2 Å². The molecule has 0 aliphatic carbocycles. The summed E-state index contributed by atoms with van der Waals surface area (Å²) in [5.41, 5.74) is 5.28. The first-order valence-corrected chi connectivity index (χ1v) is 6.93. The third kappa shape index (κ3) is 3.49. The van der Waals surface area contributed by atoms with Crippen LogP contribution in [0.15, 0.2) is 36.4 Å². The van der Waals surface area contributed by atoms with E-state index in [9.17, 15) is 4.39 Å². The van der Waals surface area contributed by atoms with E-state index in [1.165, 1.54) is 6.07 Å². The predicted molar refractivity (Wildman–Crippen MR) is 81.4 cm³/mol. The van der Waals surface area contributed by atoms with Crippen molar-refractivity contribution in [1.29, 1.82) is 0 Å². The second-order valence-electron chi connectivity index (χ2n) is 4.68. The molecule has 0 aliphatic rings. The Balaban J connectivity index is 2.23. The van der Waals surface area contributed by atoms with Gasteiger partial charge < -0.3 is 0 Å². The van der Waals surface area contributed by atoms with Crippen molar-refractivity contribution in [3.63, 3.8) is 0 Å². The molecule has 0 saturated heterocycles. The van der Waals surface area contributed by atoms with Gasteiger partial charge in [0, 0.05) is 6.04 Å². The molecular formula is C15H15Cl2FN2. The molecular weight excluding hydrogens is 298 g/mol. The van der Waals surface area contributed by atoms with E-state index in [1.54, 1.807) is 25.1 Å². The molecule has 0 bridgehead atoms. The minimum atomic E-state index is -0.223. The van der Waals surface area contributed by atoms with Crippen molar-refractivity contribution in [2.45, 2.75) is 19.4 Å². The Labute approximate surface area is 127 Å². The predicted octanol–water partition coefficient (Wildman–Crippen LogP) is 4.19. The lowest BCUT2D eigenvalue weighted by molar-refractivity contribution is 0.548. The molecule has 0 radical (unpaired) electrons. The Bertz CT molecular complexity index is 617. The molecule has 0 fully saturated rings. The van der Waals surface area contributed by atoms with Gasteiger partial charge in [-0.3, -0.25) is 11.3 Å². The standard InChI is InChI=1S/C15H15Cl2FN2/c1-9-6-11(3-5-14(9)18)15(20-19)8-10-2-4-12(16)13(17)7-10/h2-7,15,20H,8,19H2,1H3. The lowest BCUT2D eigenvalue weighted by Crippen LogP contribution is -2.29. The fraction of sp³-hybridized carbons (Fsp3) is 0.200. The molecule has 0 saturated carbocycles. The zero-order valence-corrected chi connectivity index (χ0v) is 12.5. The molecule has 1 unspecified atom stereocenters. The van der Waals surface area contributed by atoms with Crippen LogP contribution in [-0.4, -0.2) is 0 Å². The van der Waals surface area contributed by atoms with Crippen LogP contribution >= 0.6 is 23.2 Å². The Morgan fingerprint density at radius 1 is 1.15 bits per heavy atom. The zero-order valence-electron chi connectivity index (χ0n) is 11.0. The van der Waals surface area contributed by atoms with Gasteiger partial charge in [-0.25, -0.2) is 4.39 Å². The van der Waals surface area contributed by atoms with Crippen LogP contribution in [0.4, 0.5) is 4.39 Å². The van der Waals surface area contributed by atoms with Crippen LogP contribution < -0.4 is 11.3 Å². The molecule has 0 aliphatic heterocycles. The van der Waals surface area contributed by atoms with Crippen molar-refractivity contribution in [3.8, 4) is 0 Å². The topological polar surface area (TPSA) is 38.0 Å². The number of benzene rings is 2. The molecule has 0 aromatic heterocycles. The summed E-state index contributed by atoms with van der Waals surface area (Å²) in [7, 11) is 0. The largest absolute Gasteiger partial charge is 0.271 e. The molecule has 2 aromatic carbocycles. The van der Waals surface area contributed by atoms with Gasteiger partial charge in [0.1, 0.15) is 5.82 Å². The van der Waals surface area contributed by atoms with E-state index in [2.05, 4.69) is 5.43 Å². The van der Waals surface area contributed by atoms with E-state index < -0.39 is 0 Å². The van der Waals surface area contributed by atoms with Crippen molar-refractivity contribution in [2.24, 2.45) is 5.84 Å². The summed E-state index contributed by atoms with van der Waals surface area (Å²) < 4.78 is 13.3. The van der Waals surface area contributed by atoms with E-state index >= 15 is 0 Å². The van der Waals surface area contributed by atoms with E-state index in [-0.39, 0.29) is 11.9 Å². The molecule has 20 heavy (non-hydrogen) atoms. The lowest BCUT2D eigenvalue weighted by atomic mass is 9.98. The van der Waals surface area contributed by atoms with Crippen molar-refractivity contribution in [1.82, 2.24) is 5.43 Å². The minimum absolute atomic E-state index is 0.119. The highest BCUT2D eigenvalue weighted by Crippen LogP contribution is 2.26. The second-order valence-corrected chi connectivity index (χ2v) is 5.49. The molecule has 3 N–H and O–H groups in total. The second kappa shape index (κ2) is 6.55. The first kappa shape index (κ1) is 15.3. The molecule has 106 valence electrons. The maximum atomic E-state index is 13.3. The van der Waals surface area contributed by atoms with Crippen molar-refractivity contribution in [2.75, 3.05) is 0 Å². The SMILES string of the molecule is Cc1cc(C(Cc2ccc(Cl)c(Cl)c2)NN)ccc1F. The number of nitrogens with one attached hydrogen (secondary N) is 1. The Morgan fingerprint density at radius 3 is 2.50 bits per heavy atom. The van der Waals surface area contributed by atoms with Gasteiger partial charge in [-0.15, -0.1) is 0 Å². The van der Waals surface area contributed by atoms with Crippen LogP contribution in [0.3, 0.4) is 0 Å². The maximum absolute atomic E-state index is 13.3. The summed E-state index contributed by atoms with van der Waals surface area (Å²) in [6.07, 6.45) is 0.637. The summed E-state index contributed by atoms with van der Waals surface area (Å²) in [6.45, 7) is 1.73. The molecule has 5 heteroatoms. The smallest absolute Gasteiger partial charge is 0.126 e. The van der Waals surface area contributed by atoms with E-state index in [0.29, 0.717) is 22.0 Å². The third-order valence-electron chi connectivity index (χ3n) is 3.21. The van der Waals surface area contributed by atoms with Crippen molar-refractivity contribution >= 4 is 23.2 Å². The zero-order chi connectivity index (χ0) is 14.7. The van der Waals surface area contributed by atoms with Crippen LogP contribution in [0.2, 0.25) is 10.0 Å². The van der Waals surface area contributed by atoms with Gasteiger partial charge in [-0.1, -0.05) is 41.4 Å². The van der Waals surface area contributed by atoms with Crippen LogP contribution in [0.1, 0.15) is 22.7 Å². The molecule has 2 aromatic rings. The molecule has 0 spiro atoms. The number of aryl methyl sites for hydroxylation is 1. The lowest BCUT2D eigenvalue weighted by Gasteiger charge is -2.17. The van der Waals surface area contributed by atoms with Gasteiger partial charge in [0.25, 0.3) is 0 Å². The van der Waals surface area contributed by atoms with E-state index in [0.717, 1.165) is 11.1 Å². The normalized spacial score (nSPS) is 12.4. The molecule has 0 amide bonds. The average molecular weight is 313 g/mol. The quantitative estimate of drug-likeness (QED) is 0.656. The number of hydrazine groups is 1. The summed E-state index contributed by atoms with van der Waals surface area (Å²) in [4.78, 5) is 0. The highest BCUT2D eigenvalue weighted by molar-refractivity contribution is 6.42. The van der Waals surface area contributed by atoms with Crippen LogP contribution in [0.25, 0.3) is 0 Å². The number of hydrogen-bond acceptors (Lipinski definition) is 2. The Hall–Kier alpha value is -1.13. The number of hydrogen-bond donors (Lipinski definition) is 2. The van der Waals surface area contributed by atoms with Crippen LogP contribution in [-0.2, 0) is 6.42 Å². The highest BCUT2D eigenvalue weighted by atomic mass is 35.5. The third-order valence-corrected chi connectivity index (χ3v) is 3.95. The van der Waals surface area contributed by atoms with Crippen LogP contribution in [0, 0.1) is 12.7 Å². The number of nitrogens with two attached hydrogens (primary N) is 1. The monoisotopic (exact) mass is 312 g/mol. The first-order chi connectivity index (χ1) is 9.51. The van der Waals surface area contributed by atoms with Crippen LogP contribution in [0.5, 0.6) is 0 Å². The number of halogens is 3. The van der Waals surface area contributed by atoms with Gasteiger partial charge in [0.05, 0.1) is 10.0 Å². The van der Waals surface area contributed by atoms with Gasteiger partial charge >= 0.3 is 0 Å². The summed E-state index contributed by atoms with van der Waals surface area (Å²) in [5.74, 6) is 5.38. The Kier molecular flexibility index (Phi) is 5.00. The summed E-state index contributed by atoms with van der Waals surface area (Å²) in [5, 5.41) is 1.03. The summed E-state index contributed by atoms with van der Waals surface area (Å²) in [6, 6.07) is 10.3. The average Bonchev–Trinajstić information content (AvgIpc) is 2.43. The highest BCUT2D eigenvalue weighted by Gasteiger charge is 2.12. The summed E-state index contributed by atoms with van der Waals surface area (Å²) >= 11 is 11.9. The first-order valence-electron chi connectivity index (χ1n) is 6.17. The molecule has 2 nitrogen and oxygen atoms in total. The van der Waals surface area contributed by atoms with E-state index in [1.807, 2.05) is 12.1 Å². The fourth-order valence-corrected chi connectivity index (χ4v) is 2.38. The van der Waals surface area contributed by atoms with Gasteiger partial charge in [0.2, 0.25) is 0 Å². The van der Waals surface area contributed by atoms with Crippen molar-refractivity contribution < 1.29 is 4.39 Å².